The van der Waals surface area contributed by atoms with Crippen LogP contribution in [0.25, 0.3) is 21.2 Å². The second-order valence-corrected chi connectivity index (χ2v) is 11.6. The van der Waals surface area contributed by atoms with E-state index < -0.39 is 0 Å². The van der Waals surface area contributed by atoms with E-state index in [2.05, 4.69) is 10.6 Å². The van der Waals surface area contributed by atoms with Crippen LogP contribution in [-0.4, -0.2) is 30.3 Å². The lowest BCUT2D eigenvalue weighted by Gasteiger charge is -2.23. The van der Waals surface area contributed by atoms with Gasteiger partial charge in [-0.25, -0.2) is 0 Å². The number of carbonyl (C=O) groups excluding carboxylic acids is 3. The van der Waals surface area contributed by atoms with Crippen molar-refractivity contribution in [1.29, 1.82) is 0 Å². The van der Waals surface area contributed by atoms with Gasteiger partial charge in [-0.2, -0.15) is 0 Å². The van der Waals surface area contributed by atoms with Crippen molar-refractivity contribution in [2.75, 3.05) is 16.8 Å². The van der Waals surface area contributed by atoms with E-state index in [0.717, 1.165) is 50.2 Å². The highest BCUT2D eigenvalue weighted by molar-refractivity contribution is 7.17. The summed E-state index contributed by atoms with van der Waals surface area (Å²) in [4.78, 5) is 42.9. The zero-order chi connectivity index (χ0) is 27.9. The van der Waals surface area contributed by atoms with Gasteiger partial charge in [0.15, 0.2) is 0 Å². The molecule has 6 nitrogen and oxygen atoms in total. The third-order valence-corrected chi connectivity index (χ3v) is 8.85. The molecule has 1 aliphatic carbocycles. The highest BCUT2D eigenvalue weighted by Gasteiger charge is 2.29. The fourth-order valence-electron chi connectivity index (χ4n) is 5.29. The van der Waals surface area contributed by atoms with Gasteiger partial charge in [0.2, 0.25) is 0 Å². The molecule has 3 amide bonds. The summed E-state index contributed by atoms with van der Waals surface area (Å²) in [5.74, 6) is -0.317. The fourth-order valence-corrected chi connectivity index (χ4v) is 6.44. The zero-order valence-electron chi connectivity index (χ0n) is 22.2. The lowest BCUT2D eigenvalue weighted by Crippen LogP contribution is -2.32. The maximum absolute atomic E-state index is 13.7. The zero-order valence-corrected chi connectivity index (χ0v) is 23.0. The Balaban J connectivity index is 1.10. The molecular weight excluding hydrogens is 530 g/mol. The summed E-state index contributed by atoms with van der Waals surface area (Å²) in [6.45, 7) is 0.504. The molecule has 2 N–H and O–H groups in total. The van der Waals surface area contributed by atoms with E-state index in [1.807, 2.05) is 77.7 Å². The van der Waals surface area contributed by atoms with Crippen LogP contribution >= 0.6 is 11.3 Å². The molecule has 1 saturated carbocycles. The van der Waals surface area contributed by atoms with Crippen LogP contribution in [0.5, 0.6) is 0 Å². The normalized spacial score (nSPS) is 14.1. The summed E-state index contributed by atoms with van der Waals surface area (Å²) < 4.78 is 0. The van der Waals surface area contributed by atoms with Crippen molar-refractivity contribution in [1.82, 2.24) is 5.32 Å². The van der Waals surface area contributed by atoms with Gasteiger partial charge >= 0.3 is 0 Å². The number of hydrogen-bond acceptors (Lipinski definition) is 4. The first-order valence-electron chi connectivity index (χ1n) is 13.8. The van der Waals surface area contributed by atoms with Crippen LogP contribution < -0.4 is 15.5 Å². The number of amides is 3. The second kappa shape index (κ2) is 10.3. The molecule has 0 radical (unpaired) electrons. The topological polar surface area (TPSA) is 78.5 Å². The predicted molar refractivity (Wildman–Crippen MR) is 164 cm³/mol. The first-order chi connectivity index (χ1) is 20.0. The van der Waals surface area contributed by atoms with Crippen molar-refractivity contribution in [3.05, 3.63) is 119 Å². The number of nitrogens with one attached hydrogen (secondary N) is 2. The lowest BCUT2D eigenvalue weighted by molar-refractivity contribution is 0.0952. The minimum atomic E-state index is -0.201. The number of hydrogen-bond donors (Lipinski definition) is 2. The van der Waals surface area contributed by atoms with Crippen molar-refractivity contribution in [3.63, 3.8) is 0 Å². The summed E-state index contributed by atoms with van der Waals surface area (Å²) in [7, 11) is 0. The molecule has 1 aromatic heterocycles. The monoisotopic (exact) mass is 557 g/mol. The first-order valence-corrected chi connectivity index (χ1v) is 14.6. The number of carbonyl (C=O) groups is 3. The lowest BCUT2D eigenvalue weighted by atomic mass is 10.1. The number of benzene rings is 4. The minimum absolute atomic E-state index is 0.0104. The van der Waals surface area contributed by atoms with Gasteiger partial charge in [-0.15, -0.1) is 11.3 Å². The number of anilines is 2. The van der Waals surface area contributed by atoms with Crippen molar-refractivity contribution in [2.45, 2.75) is 25.3 Å². The van der Waals surface area contributed by atoms with Crippen molar-refractivity contribution >= 4 is 51.2 Å². The quantitative estimate of drug-likeness (QED) is 0.246. The van der Waals surface area contributed by atoms with Crippen LogP contribution in [-0.2, 0) is 6.42 Å². The Morgan fingerprint density at radius 3 is 2.29 bits per heavy atom. The molecule has 202 valence electrons. The van der Waals surface area contributed by atoms with Crippen molar-refractivity contribution in [2.24, 2.45) is 0 Å². The summed E-state index contributed by atoms with van der Waals surface area (Å²) in [6, 6.07) is 30.7. The molecule has 7 heteroatoms. The van der Waals surface area contributed by atoms with Gasteiger partial charge in [0.1, 0.15) is 0 Å². The number of rotatable bonds is 5. The molecule has 0 saturated heterocycles. The molecule has 1 aliphatic heterocycles. The van der Waals surface area contributed by atoms with E-state index >= 15 is 0 Å². The van der Waals surface area contributed by atoms with Crippen LogP contribution in [0.2, 0.25) is 0 Å². The predicted octanol–water partition coefficient (Wildman–Crippen LogP) is 6.92. The van der Waals surface area contributed by atoms with Crippen LogP contribution in [0.15, 0.2) is 97.1 Å². The third kappa shape index (κ3) is 5.00. The molecule has 0 atom stereocenters. The van der Waals surface area contributed by atoms with E-state index in [1.54, 1.807) is 24.3 Å². The molecule has 41 heavy (non-hydrogen) atoms. The van der Waals surface area contributed by atoms with Gasteiger partial charge in [0, 0.05) is 39.8 Å². The van der Waals surface area contributed by atoms with Gasteiger partial charge in [-0.1, -0.05) is 48.5 Å². The maximum atomic E-state index is 13.7. The van der Waals surface area contributed by atoms with E-state index in [1.165, 1.54) is 11.3 Å². The SMILES string of the molecule is O=C(Nc1ccc(C(=O)N2CCc3cc(C(=O)NC4CC4)sc3-c3ccccc32)cc1)c1ccc2ccccc2c1. The molecule has 7 rings (SSSR count). The van der Waals surface area contributed by atoms with Crippen molar-refractivity contribution in [3.8, 4) is 10.4 Å². The summed E-state index contributed by atoms with van der Waals surface area (Å²) in [6.07, 6.45) is 2.76. The Labute approximate surface area is 241 Å². The Morgan fingerprint density at radius 1 is 0.756 bits per heavy atom. The number of fused-ring (bicyclic) bond motifs is 4. The number of nitrogens with zero attached hydrogens (tertiary/aromatic N) is 1. The Morgan fingerprint density at radius 2 is 1.49 bits per heavy atom. The summed E-state index contributed by atoms with van der Waals surface area (Å²) in [5.41, 5.74) is 4.62. The van der Waals surface area contributed by atoms with Crippen molar-refractivity contribution < 1.29 is 14.4 Å². The van der Waals surface area contributed by atoms with E-state index in [4.69, 9.17) is 0 Å². The van der Waals surface area contributed by atoms with Gasteiger partial charge in [0.25, 0.3) is 17.7 Å². The van der Waals surface area contributed by atoms with Gasteiger partial charge in [-0.05, 0) is 84.1 Å². The molecule has 5 aromatic rings. The molecule has 2 heterocycles. The minimum Gasteiger partial charge on any atom is -0.349 e. The average molecular weight is 558 g/mol. The fraction of sp³-hybridized carbons (Fsp3) is 0.147. The highest BCUT2D eigenvalue weighted by atomic mass is 32.1. The third-order valence-electron chi connectivity index (χ3n) is 7.64. The number of thiophene rings is 1. The van der Waals surface area contributed by atoms with E-state index in [0.29, 0.717) is 35.8 Å². The standard InChI is InChI=1S/C34H27N3O3S/c38-32(25-10-9-21-5-1-2-6-23(21)19-25)35-26-13-11-22(12-14-26)34(40)37-18-17-24-20-30(33(39)36-27-15-16-27)41-31(24)28-7-3-4-8-29(28)37/h1-14,19-20,27H,15-18H2,(H,35,38)(H,36,39). The molecular formula is C34H27N3O3S. The Kier molecular flexibility index (Phi) is 6.36. The maximum Gasteiger partial charge on any atom is 0.261 e. The Bertz CT molecular complexity index is 1820. The van der Waals surface area contributed by atoms with Gasteiger partial charge < -0.3 is 15.5 Å². The van der Waals surface area contributed by atoms with Crippen LogP contribution in [0, 0.1) is 0 Å². The Hall–Kier alpha value is -4.75. The first kappa shape index (κ1) is 25.2. The van der Waals surface area contributed by atoms with Crippen LogP contribution in [0.4, 0.5) is 11.4 Å². The summed E-state index contributed by atoms with van der Waals surface area (Å²) in [5, 5.41) is 8.10. The molecule has 2 aliphatic rings. The van der Waals surface area contributed by atoms with Gasteiger partial charge in [-0.3, -0.25) is 14.4 Å². The van der Waals surface area contributed by atoms with Crippen LogP contribution in [0.3, 0.4) is 0 Å². The molecule has 1 fully saturated rings. The molecule has 0 spiro atoms. The largest absolute Gasteiger partial charge is 0.349 e. The van der Waals surface area contributed by atoms with E-state index in [9.17, 15) is 14.4 Å². The molecule has 0 unspecified atom stereocenters. The van der Waals surface area contributed by atoms with Gasteiger partial charge in [0.05, 0.1) is 10.6 Å². The highest BCUT2D eigenvalue weighted by Crippen LogP contribution is 2.42. The number of para-hydroxylation sites is 1. The van der Waals surface area contributed by atoms with E-state index in [-0.39, 0.29) is 17.7 Å². The second-order valence-electron chi connectivity index (χ2n) is 10.5. The molecule has 4 aromatic carbocycles. The molecule has 0 bridgehead atoms. The van der Waals surface area contributed by atoms with Crippen LogP contribution in [0.1, 0.15) is 48.8 Å². The average Bonchev–Trinajstić information content (AvgIpc) is 3.75. The smallest absolute Gasteiger partial charge is 0.261 e. The summed E-state index contributed by atoms with van der Waals surface area (Å²) >= 11 is 1.49.